The molecule has 1 aliphatic rings. The molecule has 3 atom stereocenters. The van der Waals surface area contributed by atoms with Crippen LogP contribution < -0.4 is 5.32 Å². The fraction of sp³-hybridized carbons (Fsp3) is 0.867. The van der Waals surface area contributed by atoms with Crippen LogP contribution in [0.15, 0.2) is 0 Å². The van der Waals surface area contributed by atoms with Crippen LogP contribution in [0, 0.1) is 0 Å². The molecule has 1 heterocycles. The van der Waals surface area contributed by atoms with Crippen LogP contribution in [-0.2, 0) is 19.0 Å². The minimum Gasteiger partial charge on any atom is -0.468 e. The van der Waals surface area contributed by atoms with Gasteiger partial charge in [0, 0.05) is 19.6 Å². The van der Waals surface area contributed by atoms with Crippen LogP contribution in [0.3, 0.4) is 0 Å². The van der Waals surface area contributed by atoms with Crippen LogP contribution >= 0.6 is 0 Å². The quantitative estimate of drug-likeness (QED) is 0.784. The lowest BCUT2D eigenvalue weighted by Gasteiger charge is -2.38. The first-order chi connectivity index (χ1) is 10.1. The summed E-state index contributed by atoms with van der Waals surface area (Å²) in [6.45, 7) is 10.6. The lowest BCUT2D eigenvalue weighted by atomic mass is 10.1. The summed E-state index contributed by atoms with van der Waals surface area (Å²) >= 11 is 0. The maximum atomic E-state index is 12.0. The standard InChI is InChI=1S/C15H28N2O5/c1-10-8-17(9-11(2)21-10)12(13(18)20-6)7-16-14(19)22-15(3,4)5/h10-12H,7-9H2,1-6H3,(H,16,19)/t10-,11+,12?. The number of esters is 1. The van der Waals surface area contributed by atoms with Crippen molar-refractivity contribution in [3.05, 3.63) is 0 Å². The smallest absolute Gasteiger partial charge is 0.407 e. The molecule has 1 aliphatic heterocycles. The van der Waals surface area contributed by atoms with E-state index in [0.717, 1.165) is 0 Å². The highest BCUT2D eigenvalue weighted by molar-refractivity contribution is 5.77. The molecule has 7 heteroatoms. The highest BCUT2D eigenvalue weighted by Crippen LogP contribution is 2.14. The van der Waals surface area contributed by atoms with Gasteiger partial charge in [0.1, 0.15) is 11.6 Å². The second kappa shape index (κ2) is 7.78. The van der Waals surface area contributed by atoms with E-state index < -0.39 is 17.7 Å². The maximum Gasteiger partial charge on any atom is 0.407 e. The molecule has 1 amide bonds. The van der Waals surface area contributed by atoms with Gasteiger partial charge in [-0.05, 0) is 34.6 Å². The predicted molar refractivity (Wildman–Crippen MR) is 81.6 cm³/mol. The number of methoxy groups -OCH3 is 1. The molecule has 1 rings (SSSR count). The molecule has 0 aliphatic carbocycles. The van der Waals surface area contributed by atoms with Crippen LogP contribution in [0.25, 0.3) is 0 Å². The zero-order valence-electron chi connectivity index (χ0n) is 14.3. The molecule has 0 bridgehead atoms. The zero-order chi connectivity index (χ0) is 16.9. The monoisotopic (exact) mass is 316 g/mol. The number of morpholine rings is 1. The Kier molecular flexibility index (Phi) is 6.62. The number of hydrogen-bond donors (Lipinski definition) is 1. The number of carbonyl (C=O) groups excluding carboxylic acids is 2. The van der Waals surface area contributed by atoms with Gasteiger partial charge in [-0.15, -0.1) is 0 Å². The third kappa shape index (κ3) is 6.19. The van der Waals surface area contributed by atoms with Crippen molar-refractivity contribution in [2.45, 2.75) is 58.5 Å². The first kappa shape index (κ1) is 18.7. The second-order valence-electron chi connectivity index (χ2n) is 6.63. The van der Waals surface area contributed by atoms with Gasteiger partial charge >= 0.3 is 12.1 Å². The Labute approximate surface area is 132 Å². The van der Waals surface area contributed by atoms with Gasteiger partial charge in [0.2, 0.25) is 0 Å². The highest BCUT2D eigenvalue weighted by atomic mass is 16.6. The predicted octanol–water partition coefficient (Wildman–Crippen LogP) is 1.16. The molecule has 0 radical (unpaired) electrons. The summed E-state index contributed by atoms with van der Waals surface area (Å²) in [7, 11) is 1.34. The molecule has 7 nitrogen and oxygen atoms in total. The number of nitrogens with one attached hydrogen (secondary N) is 1. The summed E-state index contributed by atoms with van der Waals surface area (Å²) in [5, 5.41) is 2.64. The fourth-order valence-electron chi connectivity index (χ4n) is 2.46. The van der Waals surface area contributed by atoms with Gasteiger partial charge in [0.15, 0.2) is 0 Å². The average Bonchev–Trinajstić information content (AvgIpc) is 2.35. The van der Waals surface area contributed by atoms with Gasteiger partial charge in [-0.2, -0.15) is 0 Å². The van der Waals surface area contributed by atoms with Gasteiger partial charge in [0.05, 0.1) is 19.3 Å². The molecule has 0 aromatic carbocycles. The summed E-state index contributed by atoms with van der Waals surface area (Å²) in [6, 6.07) is -0.550. The van der Waals surface area contributed by atoms with Crippen LogP contribution in [0.5, 0.6) is 0 Å². The van der Waals surface area contributed by atoms with Crippen molar-refractivity contribution in [1.29, 1.82) is 0 Å². The van der Waals surface area contributed by atoms with Crippen molar-refractivity contribution in [2.75, 3.05) is 26.7 Å². The van der Waals surface area contributed by atoms with Crippen molar-refractivity contribution < 1.29 is 23.8 Å². The summed E-state index contributed by atoms with van der Waals surface area (Å²) in [4.78, 5) is 25.8. The van der Waals surface area contributed by atoms with E-state index in [1.807, 2.05) is 18.7 Å². The number of rotatable bonds is 4. The fourth-order valence-corrected chi connectivity index (χ4v) is 2.46. The van der Waals surface area contributed by atoms with Crippen molar-refractivity contribution in [3.8, 4) is 0 Å². The molecule has 0 saturated carbocycles. The minimum absolute atomic E-state index is 0.0254. The Hall–Kier alpha value is -1.34. The lowest BCUT2D eigenvalue weighted by Crippen LogP contribution is -2.56. The maximum absolute atomic E-state index is 12.0. The van der Waals surface area contributed by atoms with Crippen LogP contribution in [-0.4, -0.2) is 67.6 Å². The van der Waals surface area contributed by atoms with E-state index in [0.29, 0.717) is 13.1 Å². The zero-order valence-corrected chi connectivity index (χ0v) is 14.3. The number of carbonyl (C=O) groups is 2. The van der Waals surface area contributed by atoms with Gasteiger partial charge in [-0.25, -0.2) is 4.79 Å². The molecule has 128 valence electrons. The lowest BCUT2D eigenvalue weighted by molar-refractivity contribution is -0.152. The molecule has 0 aromatic rings. The van der Waals surface area contributed by atoms with Crippen molar-refractivity contribution in [2.24, 2.45) is 0 Å². The van der Waals surface area contributed by atoms with E-state index in [2.05, 4.69) is 5.32 Å². The number of nitrogens with zero attached hydrogens (tertiary/aromatic N) is 1. The SMILES string of the molecule is COC(=O)C(CNC(=O)OC(C)(C)C)N1C[C@@H](C)O[C@@H](C)C1. The molecule has 1 fully saturated rings. The summed E-state index contributed by atoms with van der Waals surface area (Å²) in [5.74, 6) is -0.377. The number of hydrogen-bond acceptors (Lipinski definition) is 6. The molecule has 22 heavy (non-hydrogen) atoms. The van der Waals surface area contributed by atoms with E-state index in [-0.39, 0.29) is 24.7 Å². The van der Waals surface area contributed by atoms with Crippen LogP contribution in [0.4, 0.5) is 4.79 Å². The summed E-state index contributed by atoms with van der Waals surface area (Å²) in [6.07, 6.45) is -0.495. The van der Waals surface area contributed by atoms with Crippen LogP contribution in [0.1, 0.15) is 34.6 Å². The van der Waals surface area contributed by atoms with Gasteiger partial charge < -0.3 is 19.5 Å². The van der Waals surface area contributed by atoms with Crippen molar-refractivity contribution in [3.63, 3.8) is 0 Å². The van der Waals surface area contributed by atoms with Gasteiger partial charge in [-0.3, -0.25) is 9.69 Å². The van der Waals surface area contributed by atoms with Crippen molar-refractivity contribution >= 4 is 12.1 Å². The third-order valence-corrected chi connectivity index (χ3v) is 3.20. The van der Waals surface area contributed by atoms with E-state index in [1.54, 1.807) is 20.8 Å². The van der Waals surface area contributed by atoms with E-state index >= 15 is 0 Å². The molecule has 0 spiro atoms. The van der Waals surface area contributed by atoms with Gasteiger partial charge in [-0.1, -0.05) is 0 Å². The molecular weight excluding hydrogens is 288 g/mol. The number of ether oxygens (including phenoxy) is 3. The molecule has 1 N–H and O–H groups in total. The molecule has 1 unspecified atom stereocenters. The number of amides is 1. The van der Waals surface area contributed by atoms with E-state index in [4.69, 9.17) is 14.2 Å². The average molecular weight is 316 g/mol. The van der Waals surface area contributed by atoms with Crippen molar-refractivity contribution in [1.82, 2.24) is 10.2 Å². The second-order valence-corrected chi connectivity index (χ2v) is 6.63. The Balaban J connectivity index is 2.65. The largest absolute Gasteiger partial charge is 0.468 e. The number of alkyl carbamates (subject to hydrolysis) is 1. The highest BCUT2D eigenvalue weighted by Gasteiger charge is 2.33. The topological polar surface area (TPSA) is 77.1 Å². The third-order valence-electron chi connectivity index (χ3n) is 3.20. The van der Waals surface area contributed by atoms with Gasteiger partial charge in [0.25, 0.3) is 0 Å². The minimum atomic E-state index is -0.577. The molecule has 1 saturated heterocycles. The Morgan fingerprint density at radius 2 is 1.82 bits per heavy atom. The normalized spacial score (nSPS) is 24.5. The molecular formula is C15H28N2O5. The molecule has 0 aromatic heterocycles. The summed E-state index contributed by atoms with van der Waals surface area (Å²) < 4.78 is 15.7. The first-order valence-corrected chi connectivity index (χ1v) is 7.56. The van der Waals surface area contributed by atoms with E-state index in [9.17, 15) is 9.59 Å². The Morgan fingerprint density at radius 3 is 2.27 bits per heavy atom. The summed E-state index contributed by atoms with van der Waals surface area (Å²) in [5.41, 5.74) is -0.577. The van der Waals surface area contributed by atoms with Crippen LogP contribution in [0.2, 0.25) is 0 Å². The Bertz CT molecular complexity index is 384. The first-order valence-electron chi connectivity index (χ1n) is 7.56. The van der Waals surface area contributed by atoms with E-state index in [1.165, 1.54) is 7.11 Å². The Morgan fingerprint density at radius 1 is 1.27 bits per heavy atom.